The fourth-order valence-corrected chi connectivity index (χ4v) is 2.97. The summed E-state index contributed by atoms with van der Waals surface area (Å²) < 4.78 is 0. The van der Waals surface area contributed by atoms with Crippen LogP contribution in [0.1, 0.15) is 48.8 Å². The van der Waals surface area contributed by atoms with Crippen LogP contribution in [-0.2, 0) is 23.2 Å². The Morgan fingerprint density at radius 1 is 1.11 bits per heavy atom. The molecule has 3 heteroatoms. The lowest BCUT2D eigenvalue weighted by Crippen LogP contribution is -2.05. The van der Waals surface area contributed by atoms with Gasteiger partial charge in [0.15, 0.2) is 0 Å². The maximum atomic E-state index is 10.5. The molecule has 1 aromatic carbocycles. The molecule has 94 valence electrons. The summed E-state index contributed by atoms with van der Waals surface area (Å²) in [5, 5.41) is 10.2. The summed E-state index contributed by atoms with van der Waals surface area (Å²) in [5.74, 6) is 0.298. The Balaban J connectivity index is 2.06. The highest BCUT2D eigenvalue weighted by Crippen LogP contribution is 2.52. The molecule has 1 fully saturated rings. The number of hydrogen-bond acceptors (Lipinski definition) is 3. The first kappa shape index (κ1) is 11.5. The van der Waals surface area contributed by atoms with Crippen LogP contribution in [0.3, 0.4) is 0 Å². The second-order valence-electron chi connectivity index (χ2n) is 5.43. The lowest BCUT2D eigenvalue weighted by molar-refractivity contribution is 0.458. The highest BCUT2D eigenvalue weighted by atomic mass is 16.3. The zero-order valence-corrected chi connectivity index (χ0v) is 10.4. The SMILES string of the molecule is O=C=NC1(c2cc3c(cc2O)CCCCC3)CC1. The minimum absolute atomic E-state index is 0.298. The van der Waals surface area contributed by atoms with Crippen molar-refractivity contribution in [1.29, 1.82) is 0 Å². The van der Waals surface area contributed by atoms with Crippen molar-refractivity contribution >= 4 is 6.08 Å². The molecular formula is C15H17NO2. The molecule has 1 N–H and O–H groups in total. The number of rotatable bonds is 2. The standard InChI is InChI=1S/C15H17NO2/c17-10-16-15(6-7-15)13-8-11-4-2-1-3-5-12(11)9-14(13)18/h8-9,18H,1-7H2. The van der Waals surface area contributed by atoms with Gasteiger partial charge < -0.3 is 5.11 Å². The summed E-state index contributed by atoms with van der Waals surface area (Å²) in [6, 6.07) is 3.96. The van der Waals surface area contributed by atoms with E-state index >= 15 is 0 Å². The highest BCUT2D eigenvalue weighted by Gasteiger charge is 2.46. The number of aromatic hydroxyl groups is 1. The van der Waals surface area contributed by atoms with E-state index in [1.54, 1.807) is 6.08 Å². The summed E-state index contributed by atoms with van der Waals surface area (Å²) >= 11 is 0. The van der Waals surface area contributed by atoms with E-state index in [2.05, 4.69) is 11.1 Å². The number of phenols is 1. The molecule has 0 aromatic heterocycles. The number of hydrogen-bond donors (Lipinski definition) is 1. The Morgan fingerprint density at radius 3 is 2.39 bits per heavy atom. The molecule has 0 amide bonds. The zero-order valence-electron chi connectivity index (χ0n) is 10.4. The average Bonchev–Trinajstić information content (AvgIpc) is 3.13. The molecule has 2 aliphatic carbocycles. The van der Waals surface area contributed by atoms with Gasteiger partial charge in [0.25, 0.3) is 0 Å². The summed E-state index contributed by atoms with van der Waals surface area (Å²) in [6.07, 6.45) is 9.12. The van der Waals surface area contributed by atoms with Gasteiger partial charge in [0, 0.05) is 5.56 Å². The third kappa shape index (κ3) is 1.85. The summed E-state index contributed by atoms with van der Waals surface area (Å²) in [6.45, 7) is 0. The van der Waals surface area contributed by atoms with Gasteiger partial charge in [-0.2, -0.15) is 4.99 Å². The highest BCUT2D eigenvalue weighted by molar-refractivity contribution is 5.50. The molecule has 18 heavy (non-hydrogen) atoms. The number of carbonyl (C=O) groups excluding carboxylic acids is 1. The van der Waals surface area contributed by atoms with E-state index < -0.39 is 5.54 Å². The lowest BCUT2D eigenvalue weighted by Gasteiger charge is -2.15. The van der Waals surface area contributed by atoms with Crippen molar-refractivity contribution in [2.24, 2.45) is 4.99 Å². The minimum Gasteiger partial charge on any atom is -0.508 e. The van der Waals surface area contributed by atoms with E-state index in [4.69, 9.17) is 0 Å². The number of fused-ring (bicyclic) bond motifs is 1. The first-order valence-electron chi connectivity index (χ1n) is 6.69. The van der Waals surface area contributed by atoms with Gasteiger partial charge in [0.1, 0.15) is 11.3 Å². The Labute approximate surface area is 107 Å². The minimum atomic E-state index is -0.465. The number of nitrogens with zero attached hydrogens (tertiary/aromatic N) is 1. The molecule has 1 aromatic rings. The Bertz CT molecular complexity index is 526. The van der Waals surface area contributed by atoms with E-state index in [-0.39, 0.29) is 0 Å². The van der Waals surface area contributed by atoms with Crippen LogP contribution in [0.15, 0.2) is 17.1 Å². The smallest absolute Gasteiger partial charge is 0.235 e. The number of benzene rings is 1. The fraction of sp³-hybridized carbons (Fsp3) is 0.533. The normalized spacial score (nSPS) is 20.4. The number of phenolic OH excluding ortho intramolecular Hbond substituents is 1. The molecule has 2 aliphatic rings. The zero-order chi connectivity index (χ0) is 12.6. The first-order valence-corrected chi connectivity index (χ1v) is 6.69. The van der Waals surface area contributed by atoms with E-state index in [9.17, 15) is 9.90 Å². The fourth-order valence-electron chi connectivity index (χ4n) is 2.97. The largest absolute Gasteiger partial charge is 0.508 e. The van der Waals surface area contributed by atoms with Gasteiger partial charge in [-0.05, 0) is 61.8 Å². The Morgan fingerprint density at radius 2 is 1.78 bits per heavy atom. The van der Waals surface area contributed by atoms with Gasteiger partial charge >= 0.3 is 0 Å². The molecular weight excluding hydrogens is 226 g/mol. The van der Waals surface area contributed by atoms with E-state index in [1.807, 2.05) is 6.07 Å². The molecule has 3 rings (SSSR count). The Kier molecular flexibility index (Phi) is 2.71. The van der Waals surface area contributed by atoms with Crippen LogP contribution < -0.4 is 0 Å². The van der Waals surface area contributed by atoms with Crippen LogP contribution in [0.2, 0.25) is 0 Å². The van der Waals surface area contributed by atoms with E-state index in [1.165, 1.54) is 30.4 Å². The lowest BCUT2D eigenvalue weighted by atomic mass is 9.94. The van der Waals surface area contributed by atoms with Crippen LogP contribution in [0.5, 0.6) is 5.75 Å². The van der Waals surface area contributed by atoms with Crippen LogP contribution in [0.4, 0.5) is 0 Å². The van der Waals surface area contributed by atoms with Crippen molar-refractivity contribution in [2.45, 2.75) is 50.5 Å². The van der Waals surface area contributed by atoms with Crippen LogP contribution in [0.25, 0.3) is 0 Å². The first-order chi connectivity index (χ1) is 8.75. The maximum Gasteiger partial charge on any atom is 0.235 e. The Hall–Kier alpha value is -1.60. The van der Waals surface area contributed by atoms with Crippen LogP contribution in [-0.4, -0.2) is 11.2 Å². The number of aryl methyl sites for hydroxylation is 2. The van der Waals surface area contributed by atoms with E-state index in [0.29, 0.717) is 5.75 Å². The van der Waals surface area contributed by atoms with Gasteiger partial charge in [-0.25, -0.2) is 4.79 Å². The summed E-state index contributed by atoms with van der Waals surface area (Å²) in [4.78, 5) is 14.4. The van der Waals surface area contributed by atoms with Crippen molar-refractivity contribution in [3.8, 4) is 5.75 Å². The molecule has 0 spiro atoms. The molecule has 0 radical (unpaired) electrons. The molecule has 3 nitrogen and oxygen atoms in total. The topological polar surface area (TPSA) is 49.7 Å². The molecule has 0 bridgehead atoms. The van der Waals surface area contributed by atoms with Crippen molar-refractivity contribution in [2.75, 3.05) is 0 Å². The molecule has 0 unspecified atom stereocenters. The predicted molar refractivity (Wildman–Crippen MR) is 68.4 cm³/mol. The van der Waals surface area contributed by atoms with Crippen molar-refractivity contribution in [1.82, 2.24) is 0 Å². The second-order valence-corrected chi connectivity index (χ2v) is 5.43. The van der Waals surface area contributed by atoms with Crippen molar-refractivity contribution in [3.63, 3.8) is 0 Å². The molecule has 1 saturated carbocycles. The maximum absolute atomic E-state index is 10.5. The van der Waals surface area contributed by atoms with Crippen LogP contribution >= 0.6 is 0 Å². The monoisotopic (exact) mass is 243 g/mol. The summed E-state index contributed by atoms with van der Waals surface area (Å²) in [5.41, 5.74) is 2.95. The third-order valence-electron chi connectivity index (χ3n) is 4.19. The van der Waals surface area contributed by atoms with Gasteiger partial charge in [-0.15, -0.1) is 0 Å². The van der Waals surface area contributed by atoms with Gasteiger partial charge in [-0.1, -0.05) is 6.42 Å². The third-order valence-corrected chi connectivity index (χ3v) is 4.19. The number of isocyanates is 1. The summed E-state index contributed by atoms with van der Waals surface area (Å²) in [7, 11) is 0. The number of aliphatic imine (C=N–C) groups is 1. The molecule has 0 saturated heterocycles. The van der Waals surface area contributed by atoms with Gasteiger partial charge in [-0.3, -0.25) is 0 Å². The molecule has 0 aliphatic heterocycles. The van der Waals surface area contributed by atoms with Crippen LogP contribution in [0, 0.1) is 0 Å². The predicted octanol–water partition coefficient (Wildman–Crippen LogP) is 2.99. The second kappa shape index (κ2) is 4.25. The average molecular weight is 243 g/mol. The van der Waals surface area contributed by atoms with E-state index in [0.717, 1.165) is 31.2 Å². The molecule has 0 heterocycles. The quantitative estimate of drug-likeness (QED) is 0.493. The van der Waals surface area contributed by atoms with Crippen molar-refractivity contribution in [3.05, 3.63) is 28.8 Å². The molecule has 0 atom stereocenters. The van der Waals surface area contributed by atoms with Gasteiger partial charge in [0.2, 0.25) is 6.08 Å². The van der Waals surface area contributed by atoms with Crippen molar-refractivity contribution < 1.29 is 9.90 Å². The van der Waals surface area contributed by atoms with Gasteiger partial charge in [0.05, 0.1) is 0 Å².